The third-order valence-electron chi connectivity index (χ3n) is 5.40. The van der Waals surface area contributed by atoms with Crippen LogP contribution in [0.15, 0.2) is 81.7 Å². The van der Waals surface area contributed by atoms with Crippen LogP contribution in [-0.2, 0) is 5.54 Å². The summed E-state index contributed by atoms with van der Waals surface area (Å²) in [6.07, 6.45) is -1.07. The Bertz CT molecular complexity index is 1050. The van der Waals surface area contributed by atoms with Crippen molar-refractivity contribution in [3.05, 3.63) is 92.9 Å². The first kappa shape index (κ1) is 20.1. The molecule has 0 spiro atoms. The first-order chi connectivity index (χ1) is 13.8. The molecule has 1 heterocycles. The lowest BCUT2D eigenvalue weighted by Gasteiger charge is -2.36. The molecule has 0 saturated carbocycles. The Morgan fingerprint density at radius 3 is 2.00 bits per heavy atom. The molecule has 6 heteroatoms. The van der Waals surface area contributed by atoms with E-state index >= 15 is 0 Å². The third kappa shape index (κ3) is 3.39. The number of benzene rings is 3. The minimum atomic E-state index is -1.07. The molecule has 0 aliphatic carbocycles. The van der Waals surface area contributed by atoms with E-state index in [1.165, 1.54) is 4.90 Å². The van der Waals surface area contributed by atoms with Gasteiger partial charge in [0.15, 0.2) is 6.23 Å². The van der Waals surface area contributed by atoms with E-state index < -0.39 is 11.8 Å². The maximum absolute atomic E-state index is 13.6. The standard InChI is InChI=1S/C23H20Br2N2O2/c1-15-4-3-5-16(14-15)23(2)21(28)26(19-10-6-17(24)7-11-19)22(29)27(23)20-12-8-18(25)9-13-20/h3-14,21,28H,1-2H3/t21?,23-/m1/s1. The highest BCUT2D eigenvalue weighted by Gasteiger charge is 2.56. The van der Waals surface area contributed by atoms with Gasteiger partial charge in [-0.3, -0.25) is 9.80 Å². The number of rotatable bonds is 3. The highest BCUT2D eigenvalue weighted by atomic mass is 79.9. The van der Waals surface area contributed by atoms with Gasteiger partial charge in [0.2, 0.25) is 0 Å². The van der Waals surface area contributed by atoms with Crippen molar-refractivity contribution in [2.75, 3.05) is 9.80 Å². The van der Waals surface area contributed by atoms with Crippen LogP contribution < -0.4 is 9.80 Å². The molecule has 1 N–H and O–H groups in total. The number of aryl methyl sites for hydroxylation is 1. The zero-order valence-electron chi connectivity index (χ0n) is 16.0. The molecule has 2 atom stereocenters. The highest BCUT2D eigenvalue weighted by molar-refractivity contribution is 9.10. The lowest BCUT2D eigenvalue weighted by Crippen LogP contribution is -2.47. The second-order valence-electron chi connectivity index (χ2n) is 7.33. The van der Waals surface area contributed by atoms with Crippen LogP contribution >= 0.6 is 31.9 Å². The maximum Gasteiger partial charge on any atom is 0.332 e. The van der Waals surface area contributed by atoms with E-state index in [0.717, 1.165) is 25.8 Å². The predicted octanol–water partition coefficient (Wildman–Crippen LogP) is 6.20. The molecule has 1 aliphatic rings. The van der Waals surface area contributed by atoms with Gasteiger partial charge in [0.25, 0.3) is 0 Å². The fourth-order valence-corrected chi connectivity index (χ4v) is 4.37. The van der Waals surface area contributed by atoms with Gasteiger partial charge in [-0.05, 0) is 67.9 Å². The number of anilines is 2. The Balaban J connectivity index is 1.90. The molecule has 4 nitrogen and oxygen atoms in total. The number of hydrogen-bond acceptors (Lipinski definition) is 2. The monoisotopic (exact) mass is 514 g/mol. The van der Waals surface area contributed by atoms with Crippen LogP contribution in [0.1, 0.15) is 18.1 Å². The van der Waals surface area contributed by atoms with Crippen LogP contribution in [0, 0.1) is 6.92 Å². The first-order valence-corrected chi connectivity index (χ1v) is 10.8. The quantitative estimate of drug-likeness (QED) is 0.451. The van der Waals surface area contributed by atoms with E-state index in [9.17, 15) is 9.90 Å². The highest BCUT2D eigenvalue weighted by Crippen LogP contribution is 2.45. The van der Waals surface area contributed by atoms with E-state index in [1.807, 2.05) is 86.6 Å². The number of aliphatic hydroxyl groups is 1. The van der Waals surface area contributed by atoms with Gasteiger partial charge in [-0.1, -0.05) is 61.7 Å². The van der Waals surface area contributed by atoms with Crippen LogP contribution in [0.5, 0.6) is 0 Å². The number of urea groups is 1. The first-order valence-electron chi connectivity index (χ1n) is 9.22. The minimum Gasteiger partial charge on any atom is -0.370 e. The van der Waals surface area contributed by atoms with E-state index in [-0.39, 0.29) is 6.03 Å². The molecule has 4 rings (SSSR count). The molecule has 0 radical (unpaired) electrons. The average molecular weight is 516 g/mol. The Kier molecular flexibility index (Phi) is 5.27. The summed E-state index contributed by atoms with van der Waals surface area (Å²) in [5.41, 5.74) is 2.34. The second kappa shape index (κ2) is 7.59. The molecule has 1 aliphatic heterocycles. The summed E-state index contributed by atoms with van der Waals surface area (Å²) in [5, 5.41) is 11.5. The van der Waals surface area contributed by atoms with E-state index in [4.69, 9.17) is 0 Å². The summed E-state index contributed by atoms with van der Waals surface area (Å²) in [5.74, 6) is 0. The van der Waals surface area contributed by atoms with Crippen LogP contribution in [-0.4, -0.2) is 17.4 Å². The number of hydrogen-bond donors (Lipinski definition) is 1. The Hall–Kier alpha value is -2.15. The molecule has 29 heavy (non-hydrogen) atoms. The van der Waals surface area contributed by atoms with Crippen LogP contribution in [0.3, 0.4) is 0 Å². The van der Waals surface area contributed by atoms with Crippen molar-refractivity contribution in [2.45, 2.75) is 25.6 Å². The molecule has 3 aromatic carbocycles. The topological polar surface area (TPSA) is 43.8 Å². The normalized spacial score (nSPS) is 21.7. The summed E-state index contributed by atoms with van der Waals surface area (Å²) in [4.78, 5) is 16.8. The third-order valence-corrected chi connectivity index (χ3v) is 6.46. The zero-order chi connectivity index (χ0) is 20.8. The largest absolute Gasteiger partial charge is 0.370 e. The molecule has 1 fully saturated rings. The number of carbonyl (C=O) groups excluding carboxylic acids is 1. The molecule has 1 saturated heterocycles. The number of halogens is 2. The lowest BCUT2D eigenvalue weighted by atomic mass is 9.88. The number of aliphatic hydroxyl groups excluding tert-OH is 1. The fourth-order valence-electron chi connectivity index (χ4n) is 3.84. The summed E-state index contributed by atoms with van der Waals surface area (Å²) >= 11 is 6.88. The zero-order valence-corrected chi connectivity index (χ0v) is 19.2. The van der Waals surface area contributed by atoms with Crippen LogP contribution in [0.2, 0.25) is 0 Å². The van der Waals surface area contributed by atoms with Crippen molar-refractivity contribution in [1.82, 2.24) is 0 Å². The average Bonchev–Trinajstić information content (AvgIpc) is 2.90. The van der Waals surface area contributed by atoms with Crippen molar-refractivity contribution in [3.63, 3.8) is 0 Å². The van der Waals surface area contributed by atoms with Gasteiger partial charge in [0, 0.05) is 20.3 Å². The SMILES string of the molecule is Cc1cccc([C@]2(C)C(O)N(c3ccc(Br)cc3)C(=O)N2c2ccc(Br)cc2)c1. The summed E-state index contributed by atoms with van der Waals surface area (Å²) in [6, 6.07) is 22.6. The molecular weight excluding hydrogens is 496 g/mol. The Labute approximate surface area is 187 Å². The molecule has 0 aromatic heterocycles. The lowest BCUT2D eigenvalue weighted by molar-refractivity contribution is 0.119. The van der Waals surface area contributed by atoms with E-state index in [0.29, 0.717) is 5.69 Å². The smallest absolute Gasteiger partial charge is 0.332 e. The Morgan fingerprint density at radius 2 is 1.45 bits per heavy atom. The molecule has 2 amide bonds. The van der Waals surface area contributed by atoms with Crippen molar-refractivity contribution >= 4 is 49.3 Å². The summed E-state index contributed by atoms with van der Waals surface area (Å²) < 4.78 is 1.84. The van der Waals surface area contributed by atoms with Crippen LogP contribution in [0.25, 0.3) is 0 Å². The Morgan fingerprint density at radius 1 is 0.897 bits per heavy atom. The van der Waals surface area contributed by atoms with Gasteiger partial charge >= 0.3 is 6.03 Å². The fraction of sp³-hybridized carbons (Fsp3) is 0.174. The summed E-state index contributed by atoms with van der Waals surface area (Å²) in [7, 11) is 0. The predicted molar refractivity (Wildman–Crippen MR) is 123 cm³/mol. The van der Waals surface area contributed by atoms with Gasteiger partial charge < -0.3 is 5.11 Å². The second-order valence-corrected chi connectivity index (χ2v) is 9.16. The van der Waals surface area contributed by atoms with Crippen molar-refractivity contribution < 1.29 is 9.90 Å². The molecular formula is C23H20Br2N2O2. The number of carbonyl (C=O) groups is 1. The van der Waals surface area contributed by atoms with Gasteiger partial charge in [0.1, 0.15) is 5.54 Å². The maximum atomic E-state index is 13.6. The van der Waals surface area contributed by atoms with Gasteiger partial charge in [-0.2, -0.15) is 0 Å². The molecule has 1 unspecified atom stereocenters. The van der Waals surface area contributed by atoms with E-state index in [1.54, 1.807) is 4.90 Å². The number of amides is 2. The van der Waals surface area contributed by atoms with Crippen molar-refractivity contribution in [3.8, 4) is 0 Å². The van der Waals surface area contributed by atoms with Crippen LogP contribution in [0.4, 0.5) is 16.2 Å². The van der Waals surface area contributed by atoms with E-state index in [2.05, 4.69) is 31.9 Å². The van der Waals surface area contributed by atoms with Gasteiger partial charge in [-0.15, -0.1) is 0 Å². The molecule has 3 aromatic rings. The van der Waals surface area contributed by atoms with Crippen molar-refractivity contribution in [1.29, 1.82) is 0 Å². The summed E-state index contributed by atoms with van der Waals surface area (Å²) in [6.45, 7) is 3.91. The van der Waals surface area contributed by atoms with Gasteiger partial charge in [0.05, 0.1) is 0 Å². The number of nitrogens with zero attached hydrogens (tertiary/aromatic N) is 2. The minimum absolute atomic E-state index is 0.272. The molecule has 148 valence electrons. The van der Waals surface area contributed by atoms with Crippen molar-refractivity contribution in [2.24, 2.45) is 0 Å². The van der Waals surface area contributed by atoms with Gasteiger partial charge in [-0.25, -0.2) is 4.79 Å². The molecule has 0 bridgehead atoms.